The number of aromatic nitrogens is 3. The van der Waals surface area contributed by atoms with Gasteiger partial charge in [0.25, 0.3) is 0 Å². The molecule has 6 rings (SSSR count). The van der Waals surface area contributed by atoms with Crippen molar-refractivity contribution in [2.45, 2.75) is 19.1 Å². The van der Waals surface area contributed by atoms with E-state index in [0.717, 1.165) is 39.3 Å². The summed E-state index contributed by atoms with van der Waals surface area (Å²) in [7, 11) is 3.30. The highest BCUT2D eigenvalue weighted by molar-refractivity contribution is 5.85. The third-order valence-corrected chi connectivity index (χ3v) is 6.52. The van der Waals surface area contributed by atoms with E-state index in [2.05, 4.69) is 46.6 Å². The van der Waals surface area contributed by atoms with E-state index >= 15 is 0 Å². The molecule has 0 saturated carbocycles. The van der Waals surface area contributed by atoms with E-state index in [9.17, 15) is 0 Å². The Morgan fingerprint density at radius 1 is 0.912 bits per heavy atom. The lowest BCUT2D eigenvalue weighted by atomic mass is 9.83. The van der Waals surface area contributed by atoms with Gasteiger partial charge >= 0.3 is 0 Å². The number of methoxy groups -OCH3 is 2. The van der Waals surface area contributed by atoms with Gasteiger partial charge < -0.3 is 19.5 Å². The van der Waals surface area contributed by atoms with Crippen LogP contribution in [-0.4, -0.2) is 29.0 Å². The highest BCUT2D eigenvalue weighted by Gasteiger charge is 2.42. The van der Waals surface area contributed by atoms with Crippen molar-refractivity contribution >= 4 is 11.6 Å². The van der Waals surface area contributed by atoms with Crippen LogP contribution in [0.25, 0.3) is 5.70 Å². The lowest BCUT2D eigenvalue weighted by molar-refractivity contribution is 0.216. The molecule has 0 saturated heterocycles. The second-order valence-corrected chi connectivity index (χ2v) is 8.32. The Kier molecular flexibility index (Phi) is 4.76. The Hall–Kier alpha value is -4.26. The second kappa shape index (κ2) is 7.95. The van der Waals surface area contributed by atoms with Gasteiger partial charge in [0.15, 0.2) is 17.6 Å². The summed E-state index contributed by atoms with van der Waals surface area (Å²) in [4.78, 5) is 4.51. The molecule has 4 aromatic rings. The minimum absolute atomic E-state index is 0.218. The maximum Gasteiger partial charge on any atom is 0.226 e. The fourth-order valence-corrected chi connectivity index (χ4v) is 4.99. The summed E-state index contributed by atoms with van der Waals surface area (Å²) in [6, 6.07) is 22.1. The number of fused-ring (bicyclic) bond motifs is 3. The van der Waals surface area contributed by atoms with E-state index in [1.807, 2.05) is 47.1 Å². The summed E-state index contributed by atoms with van der Waals surface area (Å²) in [5, 5.41) is 8.14. The lowest BCUT2D eigenvalue weighted by Crippen LogP contribution is -2.33. The van der Waals surface area contributed by atoms with E-state index in [1.54, 1.807) is 20.5 Å². The summed E-state index contributed by atoms with van der Waals surface area (Å²) < 4.78 is 20.1. The number of rotatable bonds is 4. The molecule has 0 amide bonds. The molecule has 170 valence electrons. The van der Waals surface area contributed by atoms with E-state index < -0.39 is 6.10 Å². The Labute approximate surface area is 197 Å². The summed E-state index contributed by atoms with van der Waals surface area (Å²) in [6.07, 6.45) is 1.14. The minimum atomic E-state index is -0.440. The maximum atomic E-state index is 6.72. The fourth-order valence-electron chi connectivity index (χ4n) is 4.99. The van der Waals surface area contributed by atoms with Crippen LogP contribution in [0.2, 0.25) is 0 Å². The highest BCUT2D eigenvalue weighted by atomic mass is 16.5. The van der Waals surface area contributed by atoms with Gasteiger partial charge in [-0.2, -0.15) is 10.1 Å². The number of anilines is 1. The van der Waals surface area contributed by atoms with Crippen LogP contribution in [0.4, 0.5) is 5.95 Å². The van der Waals surface area contributed by atoms with Crippen molar-refractivity contribution in [2.75, 3.05) is 19.5 Å². The Morgan fingerprint density at radius 3 is 2.53 bits per heavy atom. The average Bonchev–Trinajstić information content (AvgIpc) is 3.35. The van der Waals surface area contributed by atoms with Gasteiger partial charge in [-0.25, -0.2) is 4.68 Å². The smallest absolute Gasteiger partial charge is 0.226 e. The molecule has 7 nitrogen and oxygen atoms in total. The quantitative estimate of drug-likeness (QED) is 0.461. The van der Waals surface area contributed by atoms with Gasteiger partial charge in [0.2, 0.25) is 5.95 Å². The van der Waals surface area contributed by atoms with Crippen LogP contribution in [0, 0.1) is 6.92 Å². The van der Waals surface area contributed by atoms with Crippen molar-refractivity contribution in [3.8, 4) is 17.2 Å². The largest absolute Gasteiger partial charge is 0.493 e. The van der Waals surface area contributed by atoms with E-state index in [-0.39, 0.29) is 6.04 Å². The zero-order chi connectivity index (χ0) is 23.2. The number of para-hydroxylation sites is 2. The molecule has 0 fully saturated rings. The predicted octanol–water partition coefficient (Wildman–Crippen LogP) is 5.16. The molecule has 1 N–H and O–H groups in total. The molecule has 1 aromatic heterocycles. The molecule has 3 aromatic carbocycles. The monoisotopic (exact) mass is 452 g/mol. The molecule has 34 heavy (non-hydrogen) atoms. The summed E-state index contributed by atoms with van der Waals surface area (Å²) >= 11 is 0. The number of ether oxygens (including phenoxy) is 3. The minimum Gasteiger partial charge on any atom is -0.493 e. The molecule has 0 spiro atoms. The number of hydrogen-bond acceptors (Lipinski definition) is 6. The van der Waals surface area contributed by atoms with Crippen molar-refractivity contribution in [2.24, 2.45) is 0 Å². The first kappa shape index (κ1) is 20.4. The molecule has 0 radical (unpaired) electrons. The van der Waals surface area contributed by atoms with Crippen LogP contribution in [0.5, 0.6) is 17.2 Å². The predicted molar refractivity (Wildman–Crippen MR) is 129 cm³/mol. The topological polar surface area (TPSA) is 70.4 Å². The van der Waals surface area contributed by atoms with Crippen LogP contribution >= 0.6 is 0 Å². The average molecular weight is 453 g/mol. The Morgan fingerprint density at radius 2 is 1.71 bits per heavy atom. The van der Waals surface area contributed by atoms with Crippen LogP contribution in [0.15, 0.2) is 78.6 Å². The molecule has 2 aliphatic rings. The van der Waals surface area contributed by atoms with Gasteiger partial charge in [0.1, 0.15) is 18.1 Å². The van der Waals surface area contributed by atoms with Gasteiger partial charge in [-0.3, -0.25) is 0 Å². The molecule has 7 heteroatoms. The first-order valence-corrected chi connectivity index (χ1v) is 11.1. The first-order valence-electron chi connectivity index (χ1n) is 11.1. The van der Waals surface area contributed by atoms with Gasteiger partial charge in [0.05, 0.1) is 19.9 Å². The molecule has 2 atom stereocenters. The molecular weight excluding hydrogens is 428 g/mol. The van der Waals surface area contributed by atoms with Crippen molar-refractivity contribution in [3.05, 3.63) is 101 Å². The third-order valence-electron chi connectivity index (χ3n) is 6.52. The van der Waals surface area contributed by atoms with Crippen molar-refractivity contribution in [1.82, 2.24) is 14.8 Å². The van der Waals surface area contributed by atoms with Gasteiger partial charge in [-0.15, -0.1) is 0 Å². The first-order chi connectivity index (χ1) is 16.7. The normalized spacial score (nSPS) is 18.2. The number of benzene rings is 3. The van der Waals surface area contributed by atoms with E-state index in [4.69, 9.17) is 14.2 Å². The summed E-state index contributed by atoms with van der Waals surface area (Å²) in [5.41, 5.74) is 6.19. The van der Waals surface area contributed by atoms with Gasteiger partial charge in [-0.1, -0.05) is 48.5 Å². The fraction of sp³-hybridized carbons (Fsp3) is 0.185. The summed E-state index contributed by atoms with van der Waals surface area (Å²) in [6.45, 7) is 2.12. The van der Waals surface area contributed by atoms with Crippen LogP contribution < -0.4 is 19.5 Å². The van der Waals surface area contributed by atoms with Crippen LogP contribution in [0.1, 0.15) is 34.4 Å². The molecule has 0 aliphatic carbocycles. The zero-order valence-corrected chi connectivity index (χ0v) is 19.1. The molecule has 3 heterocycles. The van der Waals surface area contributed by atoms with Gasteiger partial charge in [0, 0.05) is 16.7 Å². The highest BCUT2D eigenvalue weighted by Crippen LogP contribution is 2.53. The number of nitrogens with zero attached hydrogens (tertiary/aromatic N) is 3. The zero-order valence-electron chi connectivity index (χ0n) is 19.1. The van der Waals surface area contributed by atoms with Gasteiger partial charge in [-0.05, 0) is 36.2 Å². The summed E-state index contributed by atoms with van der Waals surface area (Å²) in [5.74, 6) is 2.79. The number of hydrogen-bond donors (Lipinski definition) is 1. The van der Waals surface area contributed by atoms with Crippen LogP contribution in [0.3, 0.4) is 0 Å². The molecule has 2 aliphatic heterocycles. The van der Waals surface area contributed by atoms with Crippen LogP contribution in [-0.2, 0) is 0 Å². The standard InChI is InChI=1S/C27H24N4O3/c1-16-9-4-5-10-17(16)24-22-23(30-27-28-15-29-31(24)27)18-11-6-7-13-20(18)34-26(22)19-12-8-14-21(32-2)25(19)33-3/h4-15,24,26H,1-3H3,(H,28,29,30)/t24-,26-/m0/s1. The second-order valence-electron chi connectivity index (χ2n) is 8.32. The van der Waals surface area contributed by atoms with E-state index in [0.29, 0.717) is 17.4 Å². The Balaban J connectivity index is 1.66. The van der Waals surface area contributed by atoms with Crippen molar-refractivity contribution < 1.29 is 14.2 Å². The molecule has 0 unspecified atom stereocenters. The third kappa shape index (κ3) is 2.97. The van der Waals surface area contributed by atoms with Crippen molar-refractivity contribution in [3.63, 3.8) is 0 Å². The number of nitrogens with one attached hydrogen (secondary N) is 1. The molecule has 0 bridgehead atoms. The van der Waals surface area contributed by atoms with Crippen molar-refractivity contribution in [1.29, 1.82) is 0 Å². The SMILES string of the molecule is COc1cccc([C@@H]2Oc3ccccc3C3=C2[C@H](c2ccccc2C)n2ncnc2N3)c1OC. The Bertz CT molecular complexity index is 1420. The molecular formula is C27H24N4O3. The van der Waals surface area contributed by atoms with E-state index in [1.165, 1.54) is 0 Å². The number of aryl methyl sites for hydroxylation is 1. The lowest BCUT2D eigenvalue weighted by Gasteiger charge is -2.39. The maximum absolute atomic E-state index is 6.72.